The van der Waals surface area contributed by atoms with E-state index in [4.69, 9.17) is 22.1 Å². The quantitative estimate of drug-likeness (QED) is 0.783. The average Bonchev–Trinajstić information content (AvgIpc) is 2.18. The van der Waals surface area contributed by atoms with Crippen molar-refractivity contribution < 1.29 is 9.53 Å². The highest BCUT2D eigenvalue weighted by molar-refractivity contribution is 6.18. The van der Waals surface area contributed by atoms with Gasteiger partial charge in [0, 0.05) is 0 Å². The number of benzene rings is 1. The molecule has 0 spiro atoms. The van der Waals surface area contributed by atoms with E-state index in [1.165, 1.54) is 0 Å². The summed E-state index contributed by atoms with van der Waals surface area (Å²) in [5, 5.41) is 0. The van der Waals surface area contributed by atoms with Crippen LogP contribution >= 0.6 is 11.6 Å². The minimum Gasteiger partial charge on any atom is -0.437 e. The minimum absolute atomic E-state index is 0.167. The van der Waals surface area contributed by atoms with Gasteiger partial charge in [0.25, 0.3) is 0 Å². The van der Waals surface area contributed by atoms with Crippen molar-refractivity contribution in [2.75, 3.05) is 5.88 Å². The summed E-state index contributed by atoms with van der Waals surface area (Å²) in [5.41, 5.74) is 4.95. The number of amides is 1. The Hall–Kier alpha value is -1.22. The van der Waals surface area contributed by atoms with Crippen LogP contribution in [-0.4, -0.2) is 12.0 Å². The Morgan fingerprint density at radius 1 is 1.50 bits per heavy atom. The molecule has 0 aliphatic heterocycles. The molecule has 1 amide bonds. The zero-order valence-corrected chi connectivity index (χ0v) is 8.62. The van der Waals surface area contributed by atoms with Gasteiger partial charge in [-0.2, -0.15) is 0 Å². The van der Waals surface area contributed by atoms with Gasteiger partial charge in [-0.3, -0.25) is 0 Å². The van der Waals surface area contributed by atoms with Crippen LogP contribution in [0.5, 0.6) is 0 Å². The molecule has 76 valence electrons. The lowest BCUT2D eigenvalue weighted by atomic mass is 9.98. The first-order chi connectivity index (χ1) is 6.58. The number of carbonyl (C=O) groups is 1. The molecule has 0 fully saturated rings. The second kappa shape index (κ2) is 4.33. The van der Waals surface area contributed by atoms with Crippen molar-refractivity contribution >= 4 is 17.7 Å². The minimum atomic E-state index is -0.853. The summed E-state index contributed by atoms with van der Waals surface area (Å²) in [6.45, 7) is 1.72. The summed E-state index contributed by atoms with van der Waals surface area (Å²) in [6.07, 6.45) is -0.822. The summed E-state index contributed by atoms with van der Waals surface area (Å²) in [4.78, 5) is 10.7. The molecular formula is C10H12ClNO2. The fourth-order valence-electron chi connectivity index (χ4n) is 1.18. The molecule has 1 unspecified atom stereocenters. The van der Waals surface area contributed by atoms with Crippen molar-refractivity contribution in [2.45, 2.75) is 12.5 Å². The van der Waals surface area contributed by atoms with Crippen LogP contribution in [0.3, 0.4) is 0 Å². The maximum absolute atomic E-state index is 10.7. The van der Waals surface area contributed by atoms with E-state index >= 15 is 0 Å². The lowest BCUT2D eigenvalue weighted by molar-refractivity contribution is 0.0459. The molecule has 2 N–H and O–H groups in total. The molecule has 0 saturated carbocycles. The monoisotopic (exact) mass is 213 g/mol. The number of primary amides is 1. The largest absolute Gasteiger partial charge is 0.437 e. The van der Waals surface area contributed by atoms with Crippen molar-refractivity contribution in [1.82, 2.24) is 0 Å². The molecule has 1 aromatic rings. The first-order valence-corrected chi connectivity index (χ1v) is 4.72. The van der Waals surface area contributed by atoms with Gasteiger partial charge in [-0.15, -0.1) is 11.6 Å². The third-order valence-electron chi connectivity index (χ3n) is 1.97. The number of alkyl halides is 1. The topological polar surface area (TPSA) is 52.3 Å². The number of nitrogens with two attached hydrogens (primary N) is 1. The van der Waals surface area contributed by atoms with Gasteiger partial charge in [-0.25, -0.2) is 4.79 Å². The average molecular weight is 214 g/mol. The van der Waals surface area contributed by atoms with Gasteiger partial charge in [0.2, 0.25) is 0 Å². The van der Waals surface area contributed by atoms with Gasteiger partial charge in [-0.05, 0) is 12.5 Å². The normalized spacial score (nSPS) is 14.4. The molecule has 14 heavy (non-hydrogen) atoms. The van der Waals surface area contributed by atoms with Crippen LogP contribution in [0.2, 0.25) is 0 Å². The zero-order chi connectivity index (χ0) is 10.6. The van der Waals surface area contributed by atoms with Crippen LogP contribution in [0, 0.1) is 0 Å². The van der Waals surface area contributed by atoms with Crippen molar-refractivity contribution in [3.8, 4) is 0 Å². The molecule has 0 radical (unpaired) electrons. The molecule has 4 heteroatoms. The van der Waals surface area contributed by atoms with E-state index in [0.717, 1.165) is 5.56 Å². The molecular weight excluding hydrogens is 202 g/mol. The van der Waals surface area contributed by atoms with Crippen LogP contribution in [-0.2, 0) is 10.3 Å². The van der Waals surface area contributed by atoms with E-state index in [2.05, 4.69) is 0 Å². The van der Waals surface area contributed by atoms with E-state index in [9.17, 15) is 4.79 Å². The molecule has 0 heterocycles. The maximum atomic E-state index is 10.7. The summed E-state index contributed by atoms with van der Waals surface area (Å²) >= 11 is 5.75. The third kappa shape index (κ3) is 2.39. The smallest absolute Gasteiger partial charge is 0.405 e. The van der Waals surface area contributed by atoms with Crippen molar-refractivity contribution in [2.24, 2.45) is 5.73 Å². The predicted octanol–water partition coefficient (Wildman–Crippen LogP) is 2.24. The second-order valence-corrected chi connectivity index (χ2v) is 3.42. The number of carbonyl (C=O) groups excluding carboxylic acids is 1. The Morgan fingerprint density at radius 2 is 2.07 bits per heavy atom. The predicted molar refractivity (Wildman–Crippen MR) is 55.2 cm³/mol. The summed E-state index contributed by atoms with van der Waals surface area (Å²) in [6, 6.07) is 9.26. The molecule has 0 aliphatic rings. The molecule has 0 aromatic heterocycles. The number of halogens is 1. The number of rotatable bonds is 3. The van der Waals surface area contributed by atoms with Gasteiger partial charge in [0.1, 0.15) is 5.60 Å². The molecule has 0 saturated heterocycles. The number of hydrogen-bond donors (Lipinski definition) is 1. The van der Waals surface area contributed by atoms with E-state index in [-0.39, 0.29) is 5.88 Å². The van der Waals surface area contributed by atoms with Crippen LogP contribution in [0.15, 0.2) is 30.3 Å². The zero-order valence-electron chi connectivity index (χ0n) is 7.87. The van der Waals surface area contributed by atoms with E-state index in [1.54, 1.807) is 6.92 Å². The van der Waals surface area contributed by atoms with Crippen LogP contribution in [0.25, 0.3) is 0 Å². The summed E-state index contributed by atoms with van der Waals surface area (Å²) in [7, 11) is 0. The molecule has 1 rings (SSSR count). The van der Waals surface area contributed by atoms with E-state index in [0.29, 0.717) is 0 Å². The molecule has 1 aromatic carbocycles. The number of hydrogen-bond acceptors (Lipinski definition) is 2. The van der Waals surface area contributed by atoms with Crippen molar-refractivity contribution in [3.05, 3.63) is 35.9 Å². The van der Waals surface area contributed by atoms with Crippen LogP contribution in [0.1, 0.15) is 12.5 Å². The fourth-order valence-corrected chi connectivity index (χ4v) is 1.38. The Labute approximate surface area is 87.8 Å². The van der Waals surface area contributed by atoms with Crippen LogP contribution in [0.4, 0.5) is 4.79 Å². The molecule has 0 bridgehead atoms. The Morgan fingerprint density at radius 3 is 2.50 bits per heavy atom. The van der Waals surface area contributed by atoms with Gasteiger partial charge in [0.15, 0.2) is 0 Å². The summed E-state index contributed by atoms with van der Waals surface area (Å²) < 4.78 is 4.98. The number of ether oxygens (including phenoxy) is 1. The molecule has 0 aliphatic carbocycles. The highest BCUT2D eigenvalue weighted by Crippen LogP contribution is 2.26. The SMILES string of the molecule is CC(CCl)(OC(N)=O)c1ccccc1. The van der Waals surface area contributed by atoms with Gasteiger partial charge in [-0.1, -0.05) is 30.3 Å². The molecule has 3 nitrogen and oxygen atoms in total. The van der Waals surface area contributed by atoms with Crippen molar-refractivity contribution in [3.63, 3.8) is 0 Å². The summed E-state index contributed by atoms with van der Waals surface area (Å²) in [5.74, 6) is 0.167. The van der Waals surface area contributed by atoms with Gasteiger partial charge < -0.3 is 10.5 Å². The first kappa shape index (κ1) is 10.9. The highest BCUT2D eigenvalue weighted by Gasteiger charge is 2.29. The second-order valence-electron chi connectivity index (χ2n) is 3.15. The van der Waals surface area contributed by atoms with Gasteiger partial charge in [0.05, 0.1) is 5.88 Å². The highest BCUT2D eigenvalue weighted by atomic mass is 35.5. The van der Waals surface area contributed by atoms with Crippen LogP contribution < -0.4 is 5.73 Å². The van der Waals surface area contributed by atoms with E-state index < -0.39 is 11.7 Å². The lowest BCUT2D eigenvalue weighted by Gasteiger charge is -2.26. The maximum Gasteiger partial charge on any atom is 0.405 e. The van der Waals surface area contributed by atoms with Gasteiger partial charge >= 0.3 is 6.09 Å². The Bertz CT molecular complexity index is 315. The Balaban J connectivity index is 2.95. The lowest BCUT2D eigenvalue weighted by Crippen LogP contribution is -2.33. The Kier molecular flexibility index (Phi) is 3.36. The standard InChI is InChI=1S/C10H12ClNO2/c1-10(7-11,14-9(12)13)8-5-3-2-4-6-8/h2-6H,7H2,1H3,(H2,12,13). The first-order valence-electron chi connectivity index (χ1n) is 4.18. The fraction of sp³-hybridized carbons (Fsp3) is 0.300. The third-order valence-corrected chi connectivity index (χ3v) is 2.48. The van der Waals surface area contributed by atoms with E-state index in [1.807, 2.05) is 30.3 Å². The van der Waals surface area contributed by atoms with Crippen molar-refractivity contribution in [1.29, 1.82) is 0 Å². The molecule has 1 atom stereocenters.